The molecule has 0 N–H and O–H groups in total. The van der Waals surface area contributed by atoms with E-state index in [2.05, 4.69) is 18.0 Å². The molecule has 2 aromatic heterocycles. The van der Waals surface area contributed by atoms with Crippen LogP contribution in [0.5, 0.6) is 5.88 Å². The molecule has 4 heteroatoms. The highest BCUT2D eigenvalue weighted by Gasteiger charge is 2.14. The molecule has 0 amide bonds. The predicted octanol–water partition coefficient (Wildman–Crippen LogP) is 3.14. The number of hydrogen-bond donors (Lipinski definition) is 0. The number of hydrogen-bond acceptors (Lipinski definition) is 4. The first-order valence-electron chi connectivity index (χ1n) is 5.84. The van der Waals surface area contributed by atoms with Crippen molar-refractivity contribution in [1.82, 2.24) is 4.98 Å². The molecule has 18 heavy (non-hydrogen) atoms. The van der Waals surface area contributed by atoms with E-state index in [0.717, 1.165) is 11.3 Å². The van der Waals surface area contributed by atoms with Crippen LogP contribution in [0.1, 0.15) is 27.0 Å². The van der Waals surface area contributed by atoms with Gasteiger partial charge in [-0.25, -0.2) is 4.98 Å². The molecule has 0 fully saturated rings. The Bertz CT molecular complexity index is 548. The number of ether oxygens (including phenoxy) is 1. The minimum absolute atomic E-state index is 0.0458. The third-order valence-electron chi connectivity index (χ3n) is 2.67. The summed E-state index contributed by atoms with van der Waals surface area (Å²) in [7, 11) is 1.53. The van der Waals surface area contributed by atoms with Crippen molar-refractivity contribution in [3.05, 3.63) is 45.8 Å². The number of methoxy groups -OCH3 is 1. The molecular weight excluding hydrogens is 246 g/mol. The Morgan fingerprint density at radius 1 is 1.33 bits per heavy atom. The fraction of sp³-hybridized carbons (Fsp3) is 0.286. The standard InChI is InChI=1S/C14H15NO2S/c1-3-10-6-7-11(18-10)9-13(16)12-5-4-8-15-14(12)17-2/h4-8H,3,9H2,1-2H3. The zero-order valence-electron chi connectivity index (χ0n) is 10.5. The first-order chi connectivity index (χ1) is 8.74. The third-order valence-corrected chi connectivity index (χ3v) is 3.90. The van der Waals surface area contributed by atoms with E-state index < -0.39 is 0 Å². The lowest BCUT2D eigenvalue weighted by atomic mass is 10.1. The van der Waals surface area contributed by atoms with E-state index in [0.29, 0.717) is 17.9 Å². The van der Waals surface area contributed by atoms with Crippen LogP contribution < -0.4 is 4.74 Å². The number of ketones is 1. The fourth-order valence-corrected chi connectivity index (χ4v) is 2.68. The Labute approximate surface area is 110 Å². The highest BCUT2D eigenvalue weighted by atomic mass is 32.1. The smallest absolute Gasteiger partial charge is 0.224 e. The van der Waals surface area contributed by atoms with Gasteiger partial charge in [0.25, 0.3) is 0 Å². The van der Waals surface area contributed by atoms with E-state index in [-0.39, 0.29) is 5.78 Å². The van der Waals surface area contributed by atoms with Crippen molar-refractivity contribution in [2.75, 3.05) is 7.11 Å². The van der Waals surface area contributed by atoms with Gasteiger partial charge in [-0.05, 0) is 30.7 Å². The molecule has 0 atom stereocenters. The second kappa shape index (κ2) is 5.78. The van der Waals surface area contributed by atoms with Crippen molar-refractivity contribution in [1.29, 1.82) is 0 Å². The number of pyridine rings is 1. The average molecular weight is 261 g/mol. The summed E-state index contributed by atoms with van der Waals surface area (Å²) < 4.78 is 5.10. The van der Waals surface area contributed by atoms with Crippen LogP contribution in [0.4, 0.5) is 0 Å². The van der Waals surface area contributed by atoms with Crippen LogP contribution in [0.3, 0.4) is 0 Å². The minimum atomic E-state index is 0.0458. The van der Waals surface area contributed by atoms with Crippen molar-refractivity contribution in [2.45, 2.75) is 19.8 Å². The van der Waals surface area contributed by atoms with Crippen LogP contribution in [0.25, 0.3) is 0 Å². The highest BCUT2D eigenvalue weighted by molar-refractivity contribution is 7.12. The van der Waals surface area contributed by atoms with Gasteiger partial charge in [-0.1, -0.05) is 6.92 Å². The summed E-state index contributed by atoms with van der Waals surface area (Å²) in [6, 6.07) is 7.60. The monoisotopic (exact) mass is 261 g/mol. The summed E-state index contributed by atoms with van der Waals surface area (Å²) in [6.07, 6.45) is 3.04. The van der Waals surface area contributed by atoms with E-state index in [1.807, 2.05) is 6.07 Å². The van der Waals surface area contributed by atoms with Gasteiger partial charge in [0.1, 0.15) is 0 Å². The maximum absolute atomic E-state index is 12.2. The summed E-state index contributed by atoms with van der Waals surface area (Å²) >= 11 is 1.69. The van der Waals surface area contributed by atoms with Gasteiger partial charge in [0, 0.05) is 22.4 Å². The molecule has 0 saturated carbocycles. The zero-order valence-corrected chi connectivity index (χ0v) is 11.3. The van der Waals surface area contributed by atoms with Crippen molar-refractivity contribution in [3.63, 3.8) is 0 Å². The molecule has 0 unspecified atom stereocenters. The van der Waals surface area contributed by atoms with Crippen LogP contribution in [0, 0.1) is 0 Å². The van der Waals surface area contributed by atoms with E-state index >= 15 is 0 Å². The van der Waals surface area contributed by atoms with Crippen LogP contribution in [-0.4, -0.2) is 17.9 Å². The van der Waals surface area contributed by atoms with E-state index in [1.165, 1.54) is 12.0 Å². The Morgan fingerprint density at radius 2 is 2.11 bits per heavy atom. The number of Topliss-reactive ketones (excluding diaryl/α,β-unsaturated/α-hetero) is 1. The summed E-state index contributed by atoms with van der Waals surface area (Å²) in [4.78, 5) is 18.6. The van der Waals surface area contributed by atoms with Crippen LogP contribution in [-0.2, 0) is 12.8 Å². The molecule has 0 aliphatic rings. The fourth-order valence-electron chi connectivity index (χ4n) is 1.73. The molecule has 0 aliphatic heterocycles. The van der Waals surface area contributed by atoms with Gasteiger partial charge >= 0.3 is 0 Å². The number of aryl methyl sites for hydroxylation is 1. The molecule has 2 rings (SSSR count). The van der Waals surface area contributed by atoms with Crippen molar-refractivity contribution in [2.24, 2.45) is 0 Å². The number of rotatable bonds is 5. The first-order valence-corrected chi connectivity index (χ1v) is 6.66. The molecule has 0 saturated heterocycles. The summed E-state index contributed by atoms with van der Waals surface area (Å²) in [5.41, 5.74) is 0.548. The van der Waals surface area contributed by atoms with Gasteiger partial charge in [-0.3, -0.25) is 4.79 Å². The lowest BCUT2D eigenvalue weighted by Crippen LogP contribution is -2.05. The lowest BCUT2D eigenvalue weighted by molar-refractivity contribution is 0.0990. The average Bonchev–Trinajstić information content (AvgIpc) is 2.86. The Hall–Kier alpha value is -1.68. The molecular formula is C14H15NO2S. The molecule has 94 valence electrons. The van der Waals surface area contributed by atoms with E-state index in [9.17, 15) is 4.79 Å². The largest absolute Gasteiger partial charge is 0.480 e. The molecule has 0 bridgehead atoms. The van der Waals surface area contributed by atoms with E-state index in [1.54, 1.807) is 29.7 Å². The van der Waals surface area contributed by atoms with Gasteiger partial charge in [-0.2, -0.15) is 0 Å². The molecule has 0 aliphatic carbocycles. The summed E-state index contributed by atoms with van der Waals surface area (Å²) in [5.74, 6) is 0.444. The van der Waals surface area contributed by atoms with Crippen LogP contribution >= 0.6 is 11.3 Å². The van der Waals surface area contributed by atoms with Gasteiger partial charge < -0.3 is 4.74 Å². The number of nitrogens with zero attached hydrogens (tertiary/aromatic N) is 1. The Balaban J connectivity index is 2.16. The molecule has 0 radical (unpaired) electrons. The van der Waals surface area contributed by atoms with Crippen molar-refractivity contribution >= 4 is 17.1 Å². The SMILES string of the molecule is CCc1ccc(CC(=O)c2cccnc2OC)s1. The Morgan fingerprint density at radius 3 is 2.78 bits per heavy atom. The highest BCUT2D eigenvalue weighted by Crippen LogP contribution is 2.21. The molecule has 3 nitrogen and oxygen atoms in total. The molecule has 0 spiro atoms. The molecule has 0 aromatic carbocycles. The maximum atomic E-state index is 12.2. The molecule has 2 aromatic rings. The maximum Gasteiger partial charge on any atom is 0.224 e. The number of aromatic nitrogens is 1. The number of carbonyl (C=O) groups is 1. The lowest BCUT2D eigenvalue weighted by Gasteiger charge is -2.04. The van der Waals surface area contributed by atoms with Gasteiger partial charge in [-0.15, -0.1) is 11.3 Å². The quantitative estimate of drug-likeness (QED) is 0.776. The van der Waals surface area contributed by atoms with Crippen molar-refractivity contribution in [3.8, 4) is 5.88 Å². The summed E-state index contributed by atoms with van der Waals surface area (Å²) in [6.45, 7) is 2.11. The van der Waals surface area contributed by atoms with Crippen LogP contribution in [0.15, 0.2) is 30.5 Å². The number of thiophene rings is 1. The second-order valence-electron chi connectivity index (χ2n) is 3.88. The topological polar surface area (TPSA) is 39.2 Å². The zero-order chi connectivity index (χ0) is 13.0. The summed E-state index contributed by atoms with van der Waals surface area (Å²) in [5, 5.41) is 0. The third kappa shape index (κ3) is 2.76. The minimum Gasteiger partial charge on any atom is -0.480 e. The van der Waals surface area contributed by atoms with E-state index in [4.69, 9.17) is 4.74 Å². The Kier molecular flexibility index (Phi) is 4.10. The van der Waals surface area contributed by atoms with Crippen molar-refractivity contribution < 1.29 is 9.53 Å². The second-order valence-corrected chi connectivity index (χ2v) is 5.13. The van der Waals surface area contributed by atoms with Gasteiger partial charge in [0.05, 0.1) is 12.7 Å². The predicted molar refractivity (Wildman–Crippen MR) is 72.5 cm³/mol. The number of carbonyl (C=O) groups excluding carboxylic acids is 1. The molecule has 2 heterocycles. The van der Waals surface area contributed by atoms with Gasteiger partial charge in [0.2, 0.25) is 5.88 Å². The van der Waals surface area contributed by atoms with Crippen LogP contribution in [0.2, 0.25) is 0 Å². The van der Waals surface area contributed by atoms with Gasteiger partial charge in [0.15, 0.2) is 5.78 Å². The normalized spacial score (nSPS) is 10.3. The first kappa shape index (κ1) is 12.8.